The molecule has 0 radical (unpaired) electrons. The van der Waals surface area contributed by atoms with Crippen molar-refractivity contribution >= 4 is 12.2 Å². The quantitative estimate of drug-likeness (QED) is 0.854. The van der Waals surface area contributed by atoms with Crippen LogP contribution in [0.25, 0.3) is 23.4 Å². The molecule has 0 amide bonds. The van der Waals surface area contributed by atoms with Crippen molar-refractivity contribution in [3.63, 3.8) is 0 Å². The van der Waals surface area contributed by atoms with Gasteiger partial charge in [0.15, 0.2) is 5.43 Å². The van der Waals surface area contributed by atoms with Crippen LogP contribution >= 0.6 is 0 Å². The summed E-state index contributed by atoms with van der Waals surface area (Å²) in [6.07, 6.45) is 3.22. The number of nitrogens with one attached hydrogen (secondary N) is 1. The Morgan fingerprint density at radius 2 is 1.77 bits per heavy atom. The number of benzene rings is 1. The standard InChI is InChI=1S/C20H23NO/c1-7-15-17(8-2)21-18(12-19(15)22)16-10-9-14(11-13(16)3)20(4,5)6/h7-12H,1-2H2,3-6H3,(H,21,22). The molecule has 0 unspecified atom stereocenters. The molecule has 0 bridgehead atoms. The molecule has 114 valence electrons. The van der Waals surface area contributed by atoms with Crippen molar-refractivity contribution in [2.75, 3.05) is 0 Å². The van der Waals surface area contributed by atoms with Gasteiger partial charge in [0.1, 0.15) is 0 Å². The smallest absolute Gasteiger partial charge is 0.189 e. The van der Waals surface area contributed by atoms with Crippen LogP contribution in [-0.4, -0.2) is 4.98 Å². The van der Waals surface area contributed by atoms with Crippen molar-refractivity contribution in [2.24, 2.45) is 0 Å². The van der Waals surface area contributed by atoms with Gasteiger partial charge < -0.3 is 4.98 Å². The number of aromatic amines is 1. The monoisotopic (exact) mass is 293 g/mol. The molecule has 2 aromatic rings. The van der Waals surface area contributed by atoms with Gasteiger partial charge in [-0.15, -0.1) is 0 Å². The molecule has 0 aliphatic heterocycles. The third-order valence-electron chi connectivity index (χ3n) is 3.89. The highest BCUT2D eigenvalue weighted by molar-refractivity contribution is 5.69. The number of aromatic nitrogens is 1. The Hall–Kier alpha value is -2.35. The van der Waals surface area contributed by atoms with Crippen LogP contribution in [0.4, 0.5) is 0 Å². The van der Waals surface area contributed by atoms with Gasteiger partial charge in [-0.2, -0.15) is 0 Å². The Balaban J connectivity index is 2.63. The first-order chi connectivity index (χ1) is 10.3. The van der Waals surface area contributed by atoms with Crippen molar-refractivity contribution in [3.8, 4) is 11.3 Å². The van der Waals surface area contributed by atoms with E-state index in [1.54, 1.807) is 18.2 Å². The van der Waals surface area contributed by atoms with E-state index in [1.807, 2.05) is 0 Å². The summed E-state index contributed by atoms with van der Waals surface area (Å²) in [5, 5.41) is 0. The molecule has 1 N–H and O–H groups in total. The lowest BCUT2D eigenvalue weighted by atomic mass is 9.85. The molecule has 2 nitrogen and oxygen atoms in total. The fourth-order valence-corrected chi connectivity index (χ4v) is 2.54. The Morgan fingerprint density at radius 1 is 1.09 bits per heavy atom. The predicted molar refractivity (Wildman–Crippen MR) is 96.1 cm³/mol. The summed E-state index contributed by atoms with van der Waals surface area (Å²) < 4.78 is 0. The number of aryl methyl sites for hydroxylation is 1. The minimum atomic E-state index is -0.0436. The molecule has 2 heteroatoms. The Morgan fingerprint density at radius 3 is 2.27 bits per heavy atom. The van der Waals surface area contributed by atoms with E-state index in [1.165, 1.54) is 5.56 Å². The summed E-state index contributed by atoms with van der Waals surface area (Å²) in [5.74, 6) is 0. The lowest BCUT2D eigenvalue weighted by Gasteiger charge is -2.20. The van der Waals surface area contributed by atoms with E-state index in [-0.39, 0.29) is 10.8 Å². The number of hydrogen-bond acceptors (Lipinski definition) is 1. The molecule has 2 rings (SSSR count). The lowest BCUT2D eigenvalue weighted by molar-refractivity contribution is 0.590. The molecule has 0 fully saturated rings. The summed E-state index contributed by atoms with van der Waals surface area (Å²) in [5.41, 5.74) is 5.59. The van der Waals surface area contributed by atoms with Crippen molar-refractivity contribution in [2.45, 2.75) is 33.1 Å². The van der Waals surface area contributed by atoms with Gasteiger partial charge in [0, 0.05) is 28.6 Å². The number of pyridine rings is 1. The van der Waals surface area contributed by atoms with Gasteiger partial charge in [0.2, 0.25) is 0 Å². The molecule has 0 spiro atoms. The highest BCUT2D eigenvalue weighted by Crippen LogP contribution is 2.28. The summed E-state index contributed by atoms with van der Waals surface area (Å²) in [4.78, 5) is 15.5. The Kier molecular flexibility index (Phi) is 4.23. The molecule has 0 aliphatic rings. The SMILES string of the molecule is C=Cc1[nH]c(-c2ccc(C(C)(C)C)cc2C)cc(=O)c1C=C. The van der Waals surface area contributed by atoms with Crippen molar-refractivity contribution in [1.82, 2.24) is 4.98 Å². The van der Waals surface area contributed by atoms with E-state index in [2.05, 4.69) is 64.0 Å². The minimum absolute atomic E-state index is 0.0436. The third kappa shape index (κ3) is 2.96. The second-order valence-electron chi connectivity index (χ2n) is 6.56. The average Bonchev–Trinajstić information content (AvgIpc) is 2.45. The average molecular weight is 293 g/mol. The summed E-state index contributed by atoms with van der Waals surface area (Å²) in [6.45, 7) is 16.1. The molecule has 1 heterocycles. The first-order valence-corrected chi connectivity index (χ1v) is 7.41. The minimum Gasteiger partial charge on any atom is -0.354 e. The van der Waals surface area contributed by atoms with Crippen LogP contribution in [0, 0.1) is 6.92 Å². The van der Waals surface area contributed by atoms with E-state index < -0.39 is 0 Å². The molecule has 0 aliphatic carbocycles. The first-order valence-electron chi connectivity index (χ1n) is 7.41. The summed E-state index contributed by atoms with van der Waals surface area (Å²) in [6, 6.07) is 8.00. The highest BCUT2D eigenvalue weighted by Gasteiger charge is 2.15. The molecular weight excluding hydrogens is 270 g/mol. The maximum atomic E-state index is 12.2. The second-order valence-corrected chi connectivity index (χ2v) is 6.56. The summed E-state index contributed by atoms with van der Waals surface area (Å²) >= 11 is 0. The molecule has 1 aromatic carbocycles. The normalized spacial score (nSPS) is 11.3. The van der Waals surface area contributed by atoms with Crippen LogP contribution < -0.4 is 5.43 Å². The second kappa shape index (κ2) is 5.80. The molecule has 1 aromatic heterocycles. The van der Waals surface area contributed by atoms with E-state index in [4.69, 9.17) is 0 Å². The molecule has 22 heavy (non-hydrogen) atoms. The van der Waals surface area contributed by atoms with Gasteiger partial charge in [0.05, 0.1) is 0 Å². The van der Waals surface area contributed by atoms with Gasteiger partial charge in [-0.05, 0) is 29.5 Å². The van der Waals surface area contributed by atoms with E-state index in [0.29, 0.717) is 11.3 Å². The van der Waals surface area contributed by atoms with E-state index >= 15 is 0 Å². The van der Waals surface area contributed by atoms with Crippen LogP contribution in [0.5, 0.6) is 0 Å². The van der Waals surface area contributed by atoms with Crippen molar-refractivity contribution in [3.05, 3.63) is 70.0 Å². The Labute approximate surface area is 132 Å². The van der Waals surface area contributed by atoms with Gasteiger partial charge in [-0.3, -0.25) is 4.79 Å². The zero-order valence-electron chi connectivity index (χ0n) is 13.8. The lowest BCUT2D eigenvalue weighted by Crippen LogP contribution is -2.12. The highest BCUT2D eigenvalue weighted by atomic mass is 16.1. The Bertz CT molecular complexity index is 788. The third-order valence-corrected chi connectivity index (χ3v) is 3.89. The van der Waals surface area contributed by atoms with Crippen LogP contribution in [-0.2, 0) is 5.41 Å². The zero-order valence-corrected chi connectivity index (χ0v) is 13.8. The maximum absolute atomic E-state index is 12.2. The fraction of sp³-hybridized carbons (Fsp3) is 0.250. The number of H-pyrrole nitrogens is 1. The largest absolute Gasteiger partial charge is 0.354 e. The van der Waals surface area contributed by atoms with Gasteiger partial charge >= 0.3 is 0 Å². The van der Waals surface area contributed by atoms with Crippen LogP contribution in [0.2, 0.25) is 0 Å². The van der Waals surface area contributed by atoms with Gasteiger partial charge in [0.25, 0.3) is 0 Å². The van der Waals surface area contributed by atoms with Crippen LogP contribution in [0.3, 0.4) is 0 Å². The zero-order chi connectivity index (χ0) is 16.5. The van der Waals surface area contributed by atoms with Crippen LogP contribution in [0.15, 0.2) is 42.2 Å². The van der Waals surface area contributed by atoms with E-state index in [9.17, 15) is 4.79 Å². The number of rotatable bonds is 3. The maximum Gasteiger partial charge on any atom is 0.189 e. The molecule has 0 saturated heterocycles. The fourth-order valence-electron chi connectivity index (χ4n) is 2.54. The van der Waals surface area contributed by atoms with Crippen LogP contribution in [0.1, 0.15) is 43.2 Å². The molecule has 0 saturated carbocycles. The van der Waals surface area contributed by atoms with Gasteiger partial charge in [-0.25, -0.2) is 0 Å². The topological polar surface area (TPSA) is 32.9 Å². The first kappa shape index (κ1) is 16.0. The predicted octanol–water partition coefficient (Wildman–Crippen LogP) is 4.93. The number of hydrogen-bond donors (Lipinski definition) is 1. The van der Waals surface area contributed by atoms with Crippen molar-refractivity contribution < 1.29 is 0 Å². The van der Waals surface area contributed by atoms with Crippen molar-refractivity contribution in [1.29, 1.82) is 0 Å². The molecule has 0 atom stereocenters. The van der Waals surface area contributed by atoms with E-state index in [0.717, 1.165) is 16.8 Å². The molecular formula is C20H23NO. The van der Waals surface area contributed by atoms with Gasteiger partial charge in [-0.1, -0.05) is 58.2 Å². The summed E-state index contributed by atoms with van der Waals surface area (Å²) in [7, 11) is 0.